The van der Waals surface area contributed by atoms with Crippen LogP contribution in [-0.4, -0.2) is 42.9 Å². The number of nitrogens with one attached hydrogen (secondary N) is 2. The van der Waals surface area contributed by atoms with Crippen LogP contribution in [0.4, 0.5) is 5.69 Å². The van der Waals surface area contributed by atoms with E-state index in [2.05, 4.69) is 10.6 Å². The van der Waals surface area contributed by atoms with Gasteiger partial charge in [-0.25, -0.2) is 0 Å². The second-order valence-electron chi connectivity index (χ2n) is 6.87. The molecule has 144 valence electrons. The van der Waals surface area contributed by atoms with Crippen LogP contribution in [0.3, 0.4) is 0 Å². The molecule has 1 aliphatic heterocycles. The zero-order valence-electron chi connectivity index (χ0n) is 14.7. The second kappa shape index (κ2) is 8.79. The van der Waals surface area contributed by atoms with E-state index >= 15 is 0 Å². The summed E-state index contributed by atoms with van der Waals surface area (Å²) in [5.41, 5.74) is 0.554. The lowest BCUT2D eigenvalue weighted by Crippen LogP contribution is -2.40. The third-order valence-electron chi connectivity index (χ3n) is 5.34. The average molecular weight is 421 g/mol. The van der Waals surface area contributed by atoms with Gasteiger partial charge in [-0.2, -0.15) is 0 Å². The Balaban J connectivity index is 0.00000243. The fraction of sp³-hybridized carbons (Fsp3) is 0.556. The lowest BCUT2D eigenvalue weighted by Gasteiger charge is -2.26. The van der Waals surface area contributed by atoms with Crippen LogP contribution in [0.5, 0.6) is 0 Å². The van der Waals surface area contributed by atoms with Crippen molar-refractivity contribution in [2.45, 2.75) is 26.2 Å². The number of halogens is 3. The number of rotatable bonds is 5. The van der Waals surface area contributed by atoms with Gasteiger partial charge in [-0.15, -0.1) is 12.4 Å². The van der Waals surface area contributed by atoms with E-state index in [0.717, 1.165) is 32.4 Å². The number of benzene rings is 1. The van der Waals surface area contributed by atoms with E-state index < -0.39 is 0 Å². The lowest BCUT2D eigenvalue weighted by molar-refractivity contribution is -0.136. The van der Waals surface area contributed by atoms with Crippen molar-refractivity contribution in [3.8, 4) is 0 Å². The Labute approximate surface area is 170 Å². The smallest absolute Gasteiger partial charge is 0.244 e. The summed E-state index contributed by atoms with van der Waals surface area (Å²) < 4.78 is 0. The van der Waals surface area contributed by atoms with Crippen LogP contribution in [0.1, 0.15) is 26.2 Å². The molecule has 1 saturated heterocycles. The molecule has 0 aromatic heterocycles. The Hall–Kier alpha value is -1.01. The minimum Gasteiger partial charge on any atom is -0.333 e. The molecule has 2 N–H and O–H groups in total. The summed E-state index contributed by atoms with van der Waals surface area (Å²) >= 11 is 12.2. The van der Waals surface area contributed by atoms with E-state index in [-0.39, 0.29) is 42.1 Å². The largest absolute Gasteiger partial charge is 0.333 e. The number of hydrogen-bond acceptors (Lipinski definition) is 3. The maximum Gasteiger partial charge on any atom is 0.244 e. The van der Waals surface area contributed by atoms with Gasteiger partial charge >= 0.3 is 0 Å². The Kier molecular flexibility index (Phi) is 7.19. The van der Waals surface area contributed by atoms with Crippen LogP contribution in [0.25, 0.3) is 0 Å². The molecule has 2 amide bonds. The van der Waals surface area contributed by atoms with Crippen LogP contribution in [0, 0.1) is 11.3 Å². The Morgan fingerprint density at radius 3 is 2.46 bits per heavy atom. The highest BCUT2D eigenvalue weighted by Crippen LogP contribution is 2.59. The standard InChI is InChI=1S/C18H23Cl2N3O2.ClH/c1-2-23(17(25)12-10-18(12)6-8-21-9-7-18)11-15(24)22-16-13(19)4-3-5-14(16)20;/h3-5,12,21H,2,6-11H2,1H3,(H,22,24);1H. The van der Waals surface area contributed by atoms with E-state index in [0.29, 0.717) is 22.3 Å². The van der Waals surface area contributed by atoms with Gasteiger partial charge in [0.1, 0.15) is 0 Å². The maximum atomic E-state index is 12.8. The highest BCUT2D eigenvalue weighted by molar-refractivity contribution is 6.39. The first-order chi connectivity index (χ1) is 12.0. The molecule has 1 unspecified atom stereocenters. The molecule has 2 aliphatic rings. The van der Waals surface area contributed by atoms with Gasteiger partial charge in [0.15, 0.2) is 0 Å². The zero-order valence-corrected chi connectivity index (χ0v) is 17.0. The Morgan fingerprint density at radius 1 is 1.27 bits per heavy atom. The van der Waals surface area contributed by atoms with Crippen molar-refractivity contribution < 1.29 is 9.59 Å². The van der Waals surface area contributed by atoms with Crippen molar-refractivity contribution in [3.05, 3.63) is 28.2 Å². The average Bonchev–Trinajstić information content (AvgIpc) is 3.29. The molecular formula is C18H24Cl3N3O2. The first-order valence-corrected chi connectivity index (χ1v) is 9.46. The lowest BCUT2D eigenvalue weighted by atomic mass is 9.91. The zero-order chi connectivity index (χ0) is 18.0. The van der Waals surface area contributed by atoms with Crippen LogP contribution in [0.2, 0.25) is 10.0 Å². The summed E-state index contributed by atoms with van der Waals surface area (Å²) in [6, 6.07) is 5.04. The predicted molar refractivity (Wildman–Crippen MR) is 107 cm³/mol. The van der Waals surface area contributed by atoms with Crippen molar-refractivity contribution in [1.29, 1.82) is 0 Å². The van der Waals surface area contributed by atoms with E-state index in [1.165, 1.54) is 0 Å². The van der Waals surface area contributed by atoms with Crippen LogP contribution in [0.15, 0.2) is 18.2 Å². The van der Waals surface area contributed by atoms with Gasteiger partial charge in [0, 0.05) is 12.5 Å². The summed E-state index contributed by atoms with van der Waals surface area (Å²) in [5, 5.41) is 6.82. The quantitative estimate of drug-likeness (QED) is 0.765. The molecule has 2 fully saturated rings. The number of carbonyl (C=O) groups is 2. The van der Waals surface area contributed by atoms with Crippen molar-refractivity contribution in [1.82, 2.24) is 10.2 Å². The number of anilines is 1. The maximum absolute atomic E-state index is 12.8. The van der Waals surface area contributed by atoms with Crippen molar-refractivity contribution >= 4 is 53.1 Å². The predicted octanol–water partition coefficient (Wildman–Crippen LogP) is 3.59. The minimum atomic E-state index is -0.287. The molecule has 3 rings (SSSR count). The molecule has 1 aromatic carbocycles. The molecule has 8 heteroatoms. The third kappa shape index (κ3) is 4.45. The molecule has 5 nitrogen and oxygen atoms in total. The molecule has 26 heavy (non-hydrogen) atoms. The summed E-state index contributed by atoms with van der Waals surface area (Å²) in [6.07, 6.45) is 3.03. The SMILES string of the molecule is CCN(CC(=O)Nc1c(Cl)cccc1Cl)C(=O)C1CC12CCNCC2.Cl. The molecule has 1 aromatic rings. The van der Waals surface area contributed by atoms with Crippen LogP contribution < -0.4 is 10.6 Å². The number of carbonyl (C=O) groups excluding carboxylic acids is 2. The van der Waals surface area contributed by atoms with Gasteiger partial charge in [-0.05, 0) is 56.8 Å². The number of para-hydroxylation sites is 1. The summed E-state index contributed by atoms with van der Waals surface area (Å²) in [4.78, 5) is 26.8. The van der Waals surface area contributed by atoms with Crippen LogP contribution in [-0.2, 0) is 9.59 Å². The van der Waals surface area contributed by atoms with E-state index in [1.54, 1.807) is 23.1 Å². The normalized spacial score (nSPS) is 20.2. The number of piperidine rings is 1. The molecule has 1 atom stereocenters. The number of likely N-dealkylation sites (N-methyl/N-ethyl adjacent to an activating group) is 1. The van der Waals surface area contributed by atoms with Gasteiger partial charge in [-0.3, -0.25) is 9.59 Å². The van der Waals surface area contributed by atoms with Crippen molar-refractivity contribution in [3.63, 3.8) is 0 Å². The summed E-state index contributed by atoms with van der Waals surface area (Å²) in [6.45, 7) is 4.36. The van der Waals surface area contributed by atoms with Gasteiger partial charge in [0.2, 0.25) is 11.8 Å². The molecule has 0 radical (unpaired) electrons. The Morgan fingerprint density at radius 2 is 1.88 bits per heavy atom. The van der Waals surface area contributed by atoms with Gasteiger partial charge in [-0.1, -0.05) is 29.3 Å². The van der Waals surface area contributed by atoms with Gasteiger partial charge in [0.05, 0.1) is 22.3 Å². The molecule has 1 aliphatic carbocycles. The highest BCUT2D eigenvalue weighted by atomic mass is 35.5. The minimum absolute atomic E-state index is 0. The molecule has 0 bridgehead atoms. The monoisotopic (exact) mass is 419 g/mol. The molecule has 1 heterocycles. The Bertz CT molecular complexity index is 657. The first kappa shape index (κ1) is 21.3. The fourth-order valence-corrected chi connectivity index (χ4v) is 4.20. The van der Waals surface area contributed by atoms with Crippen molar-refractivity contribution in [2.75, 3.05) is 31.5 Å². The topological polar surface area (TPSA) is 61.4 Å². The second-order valence-corrected chi connectivity index (χ2v) is 7.68. The molecular weight excluding hydrogens is 397 g/mol. The van der Waals surface area contributed by atoms with E-state index in [1.807, 2.05) is 6.92 Å². The highest BCUT2D eigenvalue weighted by Gasteiger charge is 2.58. The van der Waals surface area contributed by atoms with Gasteiger partial charge in [0.25, 0.3) is 0 Å². The van der Waals surface area contributed by atoms with Crippen LogP contribution >= 0.6 is 35.6 Å². The number of hydrogen-bond donors (Lipinski definition) is 2. The van der Waals surface area contributed by atoms with Crippen molar-refractivity contribution in [2.24, 2.45) is 11.3 Å². The third-order valence-corrected chi connectivity index (χ3v) is 5.97. The van der Waals surface area contributed by atoms with Gasteiger partial charge < -0.3 is 15.5 Å². The fourth-order valence-electron chi connectivity index (χ4n) is 3.71. The molecule has 1 saturated carbocycles. The molecule has 1 spiro atoms. The number of nitrogens with zero attached hydrogens (tertiary/aromatic N) is 1. The summed E-state index contributed by atoms with van der Waals surface area (Å²) in [7, 11) is 0. The van der Waals surface area contributed by atoms with E-state index in [4.69, 9.17) is 23.2 Å². The number of amides is 2. The van der Waals surface area contributed by atoms with E-state index in [9.17, 15) is 9.59 Å². The summed E-state index contributed by atoms with van der Waals surface area (Å²) in [5.74, 6) is -0.138. The first-order valence-electron chi connectivity index (χ1n) is 8.70.